The van der Waals surface area contributed by atoms with Gasteiger partial charge in [-0.2, -0.15) is 0 Å². The highest BCUT2D eigenvalue weighted by molar-refractivity contribution is 6.19. The van der Waals surface area contributed by atoms with Crippen LogP contribution in [0.5, 0.6) is 11.5 Å². The molecule has 0 unspecified atom stereocenters. The van der Waals surface area contributed by atoms with Gasteiger partial charge in [0.25, 0.3) is 5.91 Å². The van der Waals surface area contributed by atoms with Crippen molar-refractivity contribution in [1.29, 1.82) is 0 Å². The van der Waals surface area contributed by atoms with Crippen molar-refractivity contribution in [2.45, 2.75) is 64.3 Å². The number of esters is 1. The van der Waals surface area contributed by atoms with Gasteiger partial charge in [0.2, 0.25) is 5.91 Å². The highest BCUT2D eigenvalue weighted by Crippen LogP contribution is 2.46. The van der Waals surface area contributed by atoms with Gasteiger partial charge in [-0.05, 0) is 68.7 Å². The number of halogens is 1. The molecule has 284 valence electrons. The van der Waals surface area contributed by atoms with Crippen LogP contribution in [0.2, 0.25) is 0 Å². The summed E-state index contributed by atoms with van der Waals surface area (Å²) in [6.45, 7) is 7.71. The smallest absolute Gasteiger partial charge is 0.415 e. The molecule has 0 aliphatic carbocycles. The summed E-state index contributed by atoms with van der Waals surface area (Å²) in [6.07, 6.45) is 3.78. The zero-order valence-corrected chi connectivity index (χ0v) is 31.7. The van der Waals surface area contributed by atoms with E-state index in [2.05, 4.69) is 4.90 Å². The van der Waals surface area contributed by atoms with Crippen LogP contribution >= 0.6 is 11.6 Å². The van der Waals surface area contributed by atoms with Gasteiger partial charge >= 0.3 is 12.1 Å². The molecule has 3 amide bonds. The number of alkyl halides is 1. The van der Waals surface area contributed by atoms with Crippen molar-refractivity contribution in [3.63, 3.8) is 0 Å². The Morgan fingerprint density at radius 2 is 1.70 bits per heavy atom. The minimum absolute atomic E-state index is 0.00313. The number of fused-ring (bicyclic) bond motifs is 3. The van der Waals surface area contributed by atoms with Crippen molar-refractivity contribution in [2.75, 3.05) is 76.0 Å². The van der Waals surface area contributed by atoms with E-state index in [1.54, 1.807) is 26.8 Å². The Morgan fingerprint density at radius 3 is 2.43 bits per heavy atom. The molecule has 2 atom stereocenters. The Balaban J connectivity index is 1.03. The molecule has 3 aliphatic heterocycles. The number of likely N-dealkylation sites (tertiary alicyclic amines) is 1. The molecule has 13 heteroatoms. The van der Waals surface area contributed by atoms with Gasteiger partial charge in [-0.1, -0.05) is 24.3 Å². The van der Waals surface area contributed by atoms with Crippen molar-refractivity contribution in [2.24, 2.45) is 0 Å². The number of likely N-dealkylation sites (N-methyl/N-ethyl adjacent to an activating group) is 1. The number of rotatable bonds is 12. The summed E-state index contributed by atoms with van der Waals surface area (Å²) >= 11 is 6.47. The molecule has 2 saturated heterocycles. The van der Waals surface area contributed by atoms with Crippen molar-refractivity contribution in [3.8, 4) is 11.5 Å². The number of hydrogen-bond acceptors (Lipinski definition) is 9. The van der Waals surface area contributed by atoms with Crippen LogP contribution in [0.15, 0.2) is 42.5 Å². The molecule has 3 heterocycles. The summed E-state index contributed by atoms with van der Waals surface area (Å²) < 4.78 is 17.2. The number of amides is 3. The first-order valence-corrected chi connectivity index (χ1v) is 19.1. The number of unbranched alkanes of at least 4 members (excludes halogenated alkanes) is 2. The number of benzene rings is 3. The number of aryl methyl sites for hydroxylation is 1. The number of hydrogen-bond donors (Lipinski definition) is 1. The van der Waals surface area contributed by atoms with Crippen molar-refractivity contribution in [3.05, 3.63) is 59.2 Å². The van der Waals surface area contributed by atoms with Gasteiger partial charge in [0.1, 0.15) is 18.1 Å². The molecule has 6 rings (SSSR count). The lowest BCUT2D eigenvalue weighted by molar-refractivity contribution is -0.142. The summed E-state index contributed by atoms with van der Waals surface area (Å²) in [5, 5.41) is 1.77. The van der Waals surface area contributed by atoms with Crippen LogP contribution in [-0.4, -0.2) is 110 Å². The molecule has 0 saturated carbocycles. The number of carbonyl (C=O) groups excluding carboxylic acids is 4. The fraction of sp³-hybridized carbons (Fsp3) is 0.500. The maximum Gasteiger partial charge on any atom is 0.415 e. The molecular formula is C40H50ClN5O7. The Bertz CT molecular complexity index is 1850. The fourth-order valence-electron chi connectivity index (χ4n) is 7.57. The Kier molecular flexibility index (Phi) is 12.3. The Morgan fingerprint density at radius 1 is 0.943 bits per heavy atom. The third-order valence-electron chi connectivity index (χ3n) is 10.6. The number of ether oxygens (including phenoxy) is 3. The number of anilines is 2. The largest absolute Gasteiger partial charge is 0.493 e. The van der Waals surface area contributed by atoms with Crippen LogP contribution in [0, 0.1) is 6.92 Å². The fourth-order valence-corrected chi connectivity index (χ4v) is 7.82. The summed E-state index contributed by atoms with van der Waals surface area (Å²) in [6, 6.07) is 13.0. The van der Waals surface area contributed by atoms with E-state index < -0.39 is 0 Å². The highest BCUT2D eigenvalue weighted by Gasteiger charge is 2.35. The average Bonchev–Trinajstić information content (AvgIpc) is 3.78. The predicted octanol–water partition coefficient (Wildman–Crippen LogP) is 5.95. The standard InChI is InChI=1S/C40H50ClN5O7/c1-26-20-32(39(49)45-14-9-10-29(45)25-52-27(2)47)33(42)21-35(26)51-19-8-4-5-13-37(48)46-24-28(23-41)38-31-12-7-6-11-30(31)36(22-34(38)46)53-40(50)44-17-15-43(3)16-18-44/h6-7,11-12,20-22,28-29H,4-5,8-10,13-19,23-25,42H2,1-3H3/t28-,29+/m1/s1. The third-order valence-corrected chi connectivity index (χ3v) is 10.9. The first-order valence-electron chi connectivity index (χ1n) is 18.6. The predicted molar refractivity (Wildman–Crippen MR) is 205 cm³/mol. The van der Waals surface area contributed by atoms with E-state index in [4.69, 9.17) is 31.5 Å². The first-order chi connectivity index (χ1) is 25.5. The molecule has 3 aliphatic rings. The molecule has 0 bridgehead atoms. The lowest BCUT2D eigenvalue weighted by atomic mass is 9.95. The Hall–Kier alpha value is -4.55. The lowest BCUT2D eigenvalue weighted by Gasteiger charge is -2.31. The zero-order chi connectivity index (χ0) is 37.6. The summed E-state index contributed by atoms with van der Waals surface area (Å²) in [5.74, 6) is 0.856. The summed E-state index contributed by atoms with van der Waals surface area (Å²) in [7, 11) is 2.04. The molecule has 3 aromatic carbocycles. The SMILES string of the molecule is CC(=O)OC[C@@H]1CCCN1C(=O)c1cc(C)c(OCCCCCC(=O)N2C[C@@H](CCl)c3c2cc(OC(=O)N2CCN(C)CC2)c2ccccc32)cc1N. The molecule has 12 nitrogen and oxygen atoms in total. The van der Waals surface area contributed by atoms with Gasteiger partial charge in [-0.25, -0.2) is 4.79 Å². The third kappa shape index (κ3) is 8.65. The lowest BCUT2D eigenvalue weighted by Crippen LogP contribution is -2.48. The maximum atomic E-state index is 13.7. The van der Waals surface area contributed by atoms with Gasteiger partial charge < -0.3 is 39.5 Å². The van der Waals surface area contributed by atoms with Crippen LogP contribution in [0.25, 0.3) is 10.8 Å². The molecular weight excluding hydrogens is 698 g/mol. The topological polar surface area (TPSA) is 135 Å². The van der Waals surface area contributed by atoms with Crippen LogP contribution in [0.4, 0.5) is 16.2 Å². The molecule has 0 radical (unpaired) electrons. The molecule has 53 heavy (non-hydrogen) atoms. The van der Waals surface area contributed by atoms with Crippen molar-refractivity contribution < 1.29 is 33.4 Å². The second-order valence-electron chi connectivity index (χ2n) is 14.3. The van der Waals surface area contributed by atoms with E-state index in [0.29, 0.717) is 74.3 Å². The highest BCUT2D eigenvalue weighted by atomic mass is 35.5. The minimum Gasteiger partial charge on any atom is -0.493 e. The number of piperazine rings is 1. The van der Waals surface area contributed by atoms with Crippen LogP contribution in [0.1, 0.15) is 72.9 Å². The minimum atomic E-state index is -0.384. The van der Waals surface area contributed by atoms with Crippen LogP contribution in [-0.2, 0) is 14.3 Å². The molecule has 0 spiro atoms. The molecule has 0 aromatic heterocycles. The van der Waals surface area contributed by atoms with Gasteiger partial charge in [0, 0.05) is 87.6 Å². The van der Waals surface area contributed by atoms with Crippen molar-refractivity contribution >= 4 is 57.6 Å². The second-order valence-corrected chi connectivity index (χ2v) is 14.6. The van der Waals surface area contributed by atoms with E-state index in [9.17, 15) is 19.2 Å². The quantitative estimate of drug-likeness (QED) is 0.103. The van der Waals surface area contributed by atoms with Crippen LogP contribution < -0.4 is 20.1 Å². The number of nitrogens with two attached hydrogens (primary N) is 1. The van der Waals surface area contributed by atoms with Gasteiger partial charge in [-0.15, -0.1) is 11.6 Å². The van der Waals surface area contributed by atoms with E-state index in [1.165, 1.54) is 6.92 Å². The average molecular weight is 748 g/mol. The normalized spacial score (nSPS) is 18.7. The molecule has 3 aromatic rings. The number of nitrogen functional groups attached to an aromatic ring is 1. The second kappa shape index (κ2) is 17.1. The van der Waals surface area contributed by atoms with E-state index in [1.807, 2.05) is 44.3 Å². The van der Waals surface area contributed by atoms with E-state index in [-0.39, 0.29) is 42.4 Å². The zero-order valence-electron chi connectivity index (χ0n) is 30.9. The van der Waals surface area contributed by atoms with E-state index in [0.717, 1.165) is 66.4 Å². The Labute approximate surface area is 316 Å². The van der Waals surface area contributed by atoms with Crippen LogP contribution in [0.3, 0.4) is 0 Å². The van der Waals surface area contributed by atoms with Gasteiger partial charge in [-0.3, -0.25) is 14.4 Å². The summed E-state index contributed by atoms with van der Waals surface area (Å²) in [4.78, 5) is 59.0. The monoisotopic (exact) mass is 747 g/mol. The van der Waals surface area contributed by atoms with Gasteiger partial charge in [0.05, 0.1) is 23.9 Å². The number of nitrogens with zero attached hydrogens (tertiary/aromatic N) is 4. The van der Waals surface area contributed by atoms with Crippen molar-refractivity contribution in [1.82, 2.24) is 14.7 Å². The molecule has 2 fully saturated rings. The van der Waals surface area contributed by atoms with Gasteiger partial charge in [0.15, 0.2) is 0 Å². The number of carbonyl (C=O) groups is 4. The summed E-state index contributed by atoms with van der Waals surface area (Å²) in [5.41, 5.74) is 9.66. The first kappa shape index (κ1) is 38.2. The maximum absolute atomic E-state index is 13.7. The molecule has 2 N–H and O–H groups in total. The van der Waals surface area contributed by atoms with E-state index >= 15 is 0 Å².